The number of thiophene rings is 1. The molecule has 3 rings (SSSR count). The van der Waals surface area contributed by atoms with Crippen LogP contribution in [-0.2, 0) is 12.8 Å². The van der Waals surface area contributed by atoms with E-state index in [1.807, 2.05) is 5.32 Å². The van der Waals surface area contributed by atoms with Crippen molar-refractivity contribution in [3.8, 4) is 0 Å². The van der Waals surface area contributed by atoms with E-state index in [4.69, 9.17) is 5.73 Å². The van der Waals surface area contributed by atoms with Gasteiger partial charge in [-0.2, -0.15) is 0 Å². The van der Waals surface area contributed by atoms with Gasteiger partial charge in [0.15, 0.2) is 0 Å². The summed E-state index contributed by atoms with van der Waals surface area (Å²) in [6.07, 6.45) is 2.28. The van der Waals surface area contributed by atoms with Crippen LogP contribution in [0.25, 0.3) is 0 Å². The van der Waals surface area contributed by atoms with Gasteiger partial charge in [-0.3, -0.25) is 25.0 Å². The minimum atomic E-state index is -0.996. The van der Waals surface area contributed by atoms with Crippen LogP contribution in [0.2, 0.25) is 0 Å². The lowest BCUT2D eigenvalue weighted by atomic mass is 10.1. The van der Waals surface area contributed by atoms with Crippen molar-refractivity contribution < 1.29 is 19.3 Å². The SMILES string of the molecule is NC(=O)NC(=O)c1c(NC(=O)c2ccccc2[N+](=O)[O-])sc2c1CCC2. The van der Waals surface area contributed by atoms with Gasteiger partial charge in [-0.15, -0.1) is 11.3 Å². The number of nitrogens with two attached hydrogens (primary N) is 1. The number of primary amides is 1. The first-order valence-corrected chi connectivity index (χ1v) is 8.50. The van der Waals surface area contributed by atoms with E-state index < -0.39 is 22.8 Å². The fourth-order valence-corrected chi connectivity index (χ4v) is 4.18. The Labute approximate surface area is 151 Å². The fourth-order valence-electron chi connectivity index (χ4n) is 2.90. The molecule has 1 aromatic carbocycles. The van der Waals surface area contributed by atoms with E-state index in [-0.39, 0.29) is 21.8 Å². The Morgan fingerprint density at radius 3 is 2.58 bits per heavy atom. The van der Waals surface area contributed by atoms with Gasteiger partial charge < -0.3 is 11.1 Å². The van der Waals surface area contributed by atoms with Crippen LogP contribution in [0, 0.1) is 10.1 Å². The minimum absolute atomic E-state index is 0.118. The molecular formula is C16H14N4O5S. The Balaban J connectivity index is 1.96. The monoisotopic (exact) mass is 374 g/mol. The number of nitrogens with one attached hydrogen (secondary N) is 2. The number of carbonyl (C=O) groups is 3. The molecule has 0 spiro atoms. The highest BCUT2D eigenvalue weighted by molar-refractivity contribution is 7.17. The number of anilines is 1. The standard InChI is InChI=1S/C16H14N4O5S/c17-16(23)19-14(22)12-9-5-3-7-11(9)26-15(12)18-13(21)8-4-1-2-6-10(8)20(24)25/h1-2,4,6H,3,5,7H2,(H,18,21)(H3,17,19,22,23). The smallest absolute Gasteiger partial charge is 0.319 e. The number of hydrogen-bond acceptors (Lipinski definition) is 6. The topological polar surface area (TPSA) is 144 Å². The summed E-state index contributed by atoms with van der Waals surface area (Å²) < 4.78 is 0. The van der Waals surface area contributed by atoms with Crippen molar-refractivity contribution in [1.82, 2.24) is 5.32 Å². The number of nitro groups is 1. The van der Waals surface area contributed by atoms with Crippen molar-refractivity contribution >= 4 is 39.9 Å². The van der Waals surface area contributed by atoms with Gasteiger partial charge in [-0.1, -0.05) is 12.1 Å². The third kappa shape index (κ3) is 3.26. The summed E-state index contributed by atoms with van der Waals surface area (Å²) in [4.78, 5) is 47.3. The number of carbonyl (C=O) groups excluding carboxylic acids is 3. The number of hydrogen-bond donors (Lipinski definition) is 3. The van der Waals surface area contributed by atoms with E-state index in [1.54, 1.807) is 0 Å². The van der Waals surface area contributed by atoms with E-state index >= 15 is 0 Å². The second-order valence-electron chi connectivity index (χ2n) is 5.61. The van der Waals surface area contributed by atoms with E-state index in [0.29, 0.717) is 6.42 Å². The molecule has 1 aliphatic rings. The zero-order valence-electron chi connectivity index (χ0n) is 13.4. The molecule has 0 aliphatic heterocycles. The van der Waals surface area contributed by atoms with Crippen LogP contribution in [0.5, 0.6) is 0 Å². The largest absolute Gasteiger partial charge is 0.351 e. The predicted octanol–water partition coefficient (Wildman–Crippen LogP) is 2.21. The van der Waals surface area contributed by atoms with Crippen molar-refractivity contribution in [2.24, 2.45) is 5.73 Å². The van der Waals surface area contributed by atoms with Gasteiger partial charge in [-0.05, 0) is 30.9 Å². The highest BCUT2D eigenvalue weighted by Crippen LogP contribution is 2.39. The summed E-state index contributed by atoms with van der Waals surface area (Å²) in [5.74, 6) is -1.40. The van der Waals surface area contributed by atoms with Gasteiger partial charge in [-0.25, -0.2) is 4.79 Å². The Kier molecular flexibility index (Phi) is 4.67. The average molecular weight is 374 g/mol. The van der Waals surface area contributed by atoms with Crippen LogP contribution in [0.1, 0.15) is 37.6 Å². The number of fused-ring (bicyclic) bond motifs is 1. The number of rotatable bonds is 4. The van der Waals surface area contributed by atoms with Crippen LogP contribution in [0.4, 0.5) is 15.5 Å². The Hall–Kier alpha value is -3.27. The lowest BCUT2D eigenvalue weighted by Crippen LogP contribution is -2.35. The van der Waals surface area contributed by atoms with Crippen LogP contribution in [-0.4, -0.2) is 22.8 Å². The summed E-state index contributed by atoms with van der Waals surface area (Å²) in [6, 6.07) is 4.53. The molecule has 4 amide bonds. The van der Waals surface area contributed by atoms with Crippen LogP contribution < -0.4 is 16.4 Å². The molecule has 1 heterocycles. The lowest BCUT2D eigenvalue weighted by Gasteiger charge is -2.08. The number of nitrogens with zero attached hydrogens (tertiary/aromatic N) is 1. The van der Waals surface area contributed by atoms with Gasteiger partial charge in [0.2, 0.25) is 0 Å². The molecule has 10 heteroatoms. The van der Waals surface area contributed by atoms with Crippen molar-refractivity contribution in [2.45, 2.75) is 19.3 Å². The van der Waals surface area contributed by atoms with E-state index in [2.05, 4.69) is 5.32 Å². The molecule has 0 radical (unpaired) electrons. The van der Waals surface area contributed by atoms with Crippen LogP contribution >= 0.6 is 11.3 Å². The van der Waals surface area contributed by atoms with Crippen molar-refractivity contribution in [3.63, 3.8) is 0 Å². The maximum absolute atomic E-state index is 12.5. The molecule has 0 bridgehead atoms. The maximum atomic E-state index is 12.5. The zero-order chi connectivity index (χ0) is 18.8. The van der Waals surface area contributed by atoms with E-state index in [0.717, 1.165) is 23.3 Å². The first-order valence-electron chi connectivity index (χ1n) is 7.68. The lowest BCUT2D eigenvalue weighted by molar-refractivity contribution is -0.385. The second kappa shape index (κ2) is 6.92. The second-order valence-corrected chi connectivity index (χ2v) is 6.71. The van der Waals surface area contributed by atoms with Crippen LogP contribution in [0.3, 0.4) is 0 Å². The van der Waals surface area contributed by atoms with Crippen molar-refractivity contribution in [3.05, 3.63) is 55.9 Å². The minimum Gasteiger partial charge on any atom is -0.351 e. The Morgan fingerprint density at radius 1 is 1.15 bits per heavy atom. The summed E-state index contributed by atoms with van der Waals surface area (Å²) >= 11 is 1.23. The molecule has 26 heavy (non-hydrogen) atoms. The van der Waals surface area contributed by atoms with E-state index in [1.165, 1.54) is 35.6 Å². The quantitative estimate of drug-likeness (QED) is 0.555. The number of para-hydroxylation sites is 1. The normalized spacial score (nSPS) is 12.3. The molecular weight excluding hydrogens is 360 g/mol. The first-order chi connectivity index (χ1) is 12.4. The number of amides is 4. The van der Waals surface area contributed by atoms with Crippen molar-refractivity contribution in [1.29, 1.82) is 0 Å². The Morgan fingerprint density at radius 2 is 1.88 bits per heavy atom. The molecule has 0 saturated heterocycles. The number of aryl methyl sites for hydroxylation is 1. The highest BCUT2D eigenvalue weighted by atomic mass is 32.1. The molecule has 1 aliphatic carbocycles. The summed E-state index contributed by atoms with van der Waals surface area (Å²) in [7, 11) is 0. The molecule has 0 unspecified atom stereocenters. The number of imide groups is 1. The molecule has 2 aromatic rings. The molecule has 9 nitrogen and oxygen atoms in total. The van der Waals surface area contributed by atoms with E-state index in [9.17, 15) is 24.5 Å². The highest BCUT2D eigenvalue weighted by Gasteiger charge is 2.29. The molecule has 0 saturated carbocycles. The molecule has 134 valence electrons. The van der Waals surface area contributed by atoms with Gasteiger partial charge in [0.25, 0.3) is 17.5 Å². The van der Waals surface area contributed by atoms with Gasteiger partial charge in [0.05, 0.1) is 10.5 Å². The van der Waals surface area contributed by atoms with Crippen molar-refractivity contribution in [2.75, 3.05) is 5.32 Å². The number of nitro benzene ring substituents is 1. The van der Waals surface area contributed by atoms with Crippen LogP contribution in [0.15, 0.2) is 24.3 Å². The summed E-state index contributed by atoms with van der Waals surface area (Å²) in [6.45, 7) is 0. The third-order valence-corrected chi connectivity index (χ3v) is 5.16. The van der Waals surface area contributed by atoms with Gasteiger partial charge in [0, 0.05) is 10.9 Å². The summed E-state index contributed by atoms with van der Waals surface area (Å²) in [5.41, 5.74) is 5.51. The number of urea groups is 1. The molecule has 0 fully saturated rings. The maximum Gasteiger partial charge on any atom is 0.319 e. The first kappa shape index (κ1) is 17.5. The van der Waals surface area contributed by atoms with Gasteiger partial charge in [0.1, 0.15) is 10.6 Å². The number of benzene rings is 1. The fraction of sp³-hybridized carbons (Fsp3) is 0.188. The molecule has 4 N–H and O–H groups in total. The molecule has 0 atom stereocenters. The Bertz CT molecular complexity index is 937. The third-order valence-electron chi connectivity index (χ3n) is 3.96. The predicted molar refractivity (Wildman–Crippen MR) is 94.4 cm³/mol. The zero-order valence-corrected chi connectivity index (χ0v) is 14.2. The summed E-state index contributed by atoms with van der Waals surface area (Å²) in [5, 5.41) is 15.9. The average Bonchev–Trinajstić information content (AvgIpc) is 3.14. The van der Waals surface area contributed by atoms with Gasteiger partial charge >= 0.3 is 6.03 Å². The molecule has 1 aromatic heterocycles.